The zero-order chi connectivity index (χ0) is 17.4. The van der Waals surface area contributed by atoms with Crippen molar-refractivity contribution in [3.05, 3.63) is 11.3 Å². The summed E-state index contributed by atoms with van der Waals surface area (Å²) in [6.45, 7) is 3.82. The number of esters is 1. The second kappa shape index (κ2) is 6.53. The van der Waals surface area contributed by atoms with Crippen LogP contribution < -0.4 is 5.32 Å². The topological polar surface area (TPSA) is 55.4 Å². The van der Waals surface area contributed by atoms with Crippen molar-refractivity contribution < 1.29 is 27.5 Å². The molecule has 3 unspecified atom stereocenters. The zero-order valence-corrected chi connectivity index (χ0v) is 13.5. The summed E-state index contributed by atoms with van der Waals surface area (Å²) in [5, 5.41) is 2.89. The van der Waals surface area contributed by atoms with Crippen LogP contribution in [-0.2, 0) is 14.3 Å². The van der Waals surface area contributed by atoms with Gasteiger partial charge in [-0.15, -0.1) is 0 Å². The lowest BCUT2D eigenvalue weighted by Crippen LogP contribution is -2.48. The number of fused-ring (bicyclic) bond motifs is 1. The van der Waals surface area contributed by atoms with E-state index in [0.717, 1.165) is 12.8 Å². The Morgan fingerprint density at radius 1 is 1.26 bits per heavy atom. The van der Waals surface area contributed by atoms with Crippen LogP contribution in [0, 0.1) is 17.8 Å². The minimum atomic E-state index is -4.88. The molecule has 23 heavy (non-hydrogen) atoms. The number of ketones is 1. The van der Waals surface area contributed by atoms with E-state index < -0.39 is 24.0 Å². The Balaban J connectivity index is 2.27. The van der Waals surface area contributed by atoms with Gasteiger partial charge in [-0.05, 0) is 31.1 Å². The van der Waals surface area contributed by atoms with Crippen LogP contribution >= 0.6 is 0 Å². The Labute approximate surface area is 133 Å². The van der Waals surface area contributed by atoms with Gasteiger partial charge in [-0.1, -0.05) is 20.3 Å². The molecule has 0 amide bonds. The summed E-state index contributed by atoms with van der Waals surface area (Å²) in [5.41, 5.74) is 0.114. The summed E-state index contributed by atoms with van der Waals surface area (Å²) in [6, 6.07) is -0.729. The molecule has 3 atom stereocenters. The Morgan fingerprint density at radius 2 is 1.87 bits per heavy atom. The third-order valence-electron chi connectivity index (χ3n) is 4.57. The van der Waals surface area contributed by atoms with E-state index in [0.29, 0.717) is 18.5 Å². The van der Waals surface area contributed by atoms with Crippen molar-refractivity contribution in [2.45, 2.75) is 51.7 Å². The van der Waals surface area contributed by atoms with Crippen molar-refractivity contribution in [2.75, 3.05) is 7.11 Å². The summed E-state index contributed by atoms with van der Waals surface area (Å²) < 4.78 is 43.2. The van der Waals surface area contributed by atoms with Gasteiger partial charge >= 0.3 is 12.1 Å². The molecule has 1 N–H and O–H groups in total. The highest BCUT2D eigenvalue weighted by Crippen LogP contribution is 2.52. The smallest absolute Gasteiger partial charge is 0.454 e. The standard InChI is InChI=1S/C16H22F3NO3/c1-8(2)7-11(15(22)23-3)20-13-10-6-4-5-9(10)12(13)14(21)16(17,18)19/h8-11,20H,4-7H2,1-3H3. The Bertz CT molecular complexity index is 525. The highest BCUT2D eigenvalue weighted by Gasteiger charge is 2.53. The van der Waals surface area contributed by atoms with Crippen LogP contribution in [0.2, 0.25) is 0 Å². The van der Waals surface area contributed by atoms with Gasteiger partial charge in [-0.3, -0.25) is 4.79 Å². The fourth-order valence-electron chi connectivity index (χ4n) is 3.60. The first-order valence-corrected chi connectivity index (χ1v) is 7.86. The molecule has 0 aliphatic heterocycles. The molecule has 0 saturated heterocycles. The van der Waals surface area contributed by atoms with E-state index in [1.165, 1.54) is 7.11 Å². The molecule has 1 fully saturated rings. The quantitative estimate of drug-likeness (QED) is 0.759. The van der Waals surface area contributed by atoms with Crippen LogP contribution in [0.1, 0.15) is 39.5 Å². The lowest BCUT2D eigenvalue weighted by molar-refractivity contribution is -0.168. The van der Waals surface area contributed by atoms with Gasteiger partial charge in [0.2, 0.25) is 0 Å². The van der Waals surface area contributed by atoms with E-state index in [9.17, 15) is 22.8 Å². The van der Waals surface area contributed by atoms with Crippen LogP contribution in [0.5, 0.6) is 0 Å². The number of hydrogen-bond acceptors (Lipinski definition) is 4. The molecule has 0 radical (unpaired) electrons. The van der Waals surface area contributed by atoms with Gasteiger partial charge in [0.15, 0.2) is 0 Å². The lowest BCUT2D eigenvalue weighted by atomic mass is 9.71. The number of carbonyl (C=O) groups excluding carboxylic acids is 2. The Hall–Kier alpha value is -1.53. The first-order chi connectivity index (χ1) is 10.7. The number of ether oxygens (including phenoxy) is 1. The van der Waals surface area contributed by atoms with Crippen LogP contribution in [0.25, 0.3) is 0 Å². The molecular formula is C16H22F3NO3. The minimum absolute atomic E-state index is 0.0735. The number of rotatable bonds is 6. The van der Waals surface area contributed by atoms with E-state index in [4.69, 9.17) is 4.74 Å². The van der Waals surface area contributed by atoms with Gasteiger partial charge < -0.3 is 10.1 Å². The molecule has 2 aliphatic carbocycles. The van der Waals surface area contributed by atoms with Crippen molar-refractivity contribution >= 4 is 11.8 Å². The fraction of sp³-hybridized carbons (Fsp3) is 0.750. The van der Waals surface area contributed by atoms with E-state index in [-0.39, 0.29) is 23.3 Å². The van der Waals surface area contributed by atoms with Crippen LogP contribution in [-0.4, -0.2) is 31.1 Å². The van der Waals surface area contributed by atoms with Crippen molar-refractivity contribution in [3.8, 4) is 0 Å². The molecule has 0 spiro atoms. The molecule has 2 rings (SSSR count). The predicted molar refractivity (Wildman–Crippen MR) is 77.3 cm³/mol. The number of halogens is 3. The van der Waals surface area contributed by atoms with Crippen molar-refractivity contribution in [3.63, 3.8) is 0 Å². The number of nitrogens with one attached hydrogen (secondary N) is 1. The highest BCUT2D eigenvalue weighted by atomic mass is 19.4. The van der Waals surface area contributed by atoms with Crippen LogP contribution in [0.3, 0.4) is 0 Å². The van der Waals surface area contributed by atoms with Gasteiger partial charge in [-0.25, -0.2) is 4.79 Å². The molecule has 2 aliphatic rings. The van der Waals surface area contributed by atoms with E-state index in [1.807, 2.05) is 13.8 Å². The number of allylic oxidation sites excluding steroid dienone is 2. The Kier molecular flexibility index (Phi) is 5.06. The van der Waals surface area contributed by atoms with Crippen molar-refractivity contribution in [1.82, 2.24) is 5.32 Å². The molecule has 0 aromatic carbocycles. The van der Waals surface area contributed by atoms with Crippen molar-refractivity contribution in [1.29, 1.82) is 0 Å². The normalized spacial score (nSPS) is 25.0. The number of hydrogen-bond donors (Lipinski definition) is 1. The molecule has 0 bridgehead atoms. The third-order valence-corrected chi connectivity index (χ3v) is 4.57. The maximum atomic E-state index is 12.8. The summed E-state index contributed by atoms with van der Waals surface area (Å²) in [4.78, 5) is 23.6. The number of Topliss-reactive ketones (excluding diaryl/α,β-unsaturated/α-hetero) is 1. The van der Waals surface area contributed by atoms with Gasteiger partial charge in [-0.2, -0.15) is 13.2 Å². The average molecular weight is 333 g/mol. The maximum absolute atomic E-state index is 12.8. The van der Waals surface area contributed by atoms with Crippen LogP contribution in [0.4, 0.5) is 13.2 Å². The molecule has 0 aromatic rings. The number of alkyl halides is 3. The first kappa shape index (κ1) is 17.8. The van der Waals surface area contributed by atoms with E-state index in [1.54, 1.807) is 0 Å². The number of methoxy groups -OCH3 is 1. The Morgan fingerprint density at radius 3 is 2.39 bits per heavy atom. The van der Waals surface area contributed by atoms with Crippen molar-refractivity contribution in [2.24, 2.45) is 17.8 Å². The largest absolute Gasteiger partial charge is 0.467 e. The monoisotopic (exact) mass is 333 g/mol. The second-order valence-corrected chi connectivity index (χ2v) is 6.65. The summed E-state index contributed by atoms with van der Waals surface area (Å²) in [7, 11) is 1.24. The summed E-state index contributed by atoms with van der Waals surface area (Å²) in [6.07, 6.45) is -2.31. The SMILES string of the molecule is COC(=O)C(CC(C)C)NC1=C(C(=O)C(F)(F)F)C2CCCC12. The van der Waals surface area contributed by atoms with Crippen LogP contribution in [0.15, 0.2) is 11.3 Å². The third kappa shape index (κ3) is 3.53. The second-order valence-electron chi connectivity index (χ2n) is 6.65. The first-order valence-electron chi connectivity index (χ1n) is 7.86. The molecular weight excluding hydrogens is 311 g/mol. The fourth-order valence-corrected chi connectivity index (χ4v) is 3.60. The number of carbonyl (C=O) groups is 2. The minimum Gasteiger partial charge on any atom is -0.467 e. The molecule has 130 valence electrons. The molecule has 4 nitrogen and oxygen atoms in total. The molecule has 0 heterocycles. The zero-order valence-electron chi connectivity index (χ0n) is 13.5. The van der Waals surface area contributed by atoms with E-state index >= 15 is 0 Å². The predicted octanol–water partition coefficient (Wildman–Crippen LogP) is 2.98. The molecule has 0 aromatic heterocycles. The average Bonchev–Trinajstić information content (AvgIpc) is 2.85. The van der Waals surface area contributed by atoms with Gasteiger partial charge in [0.05, 0.1) is 7.11 Å². The lowest BCUT2D eigenvalue weighted by Gasteiger charge is -2.39. The highest BCUT2D eigenvalue weighted by molar-refractivity contribution is 6.02. The summed E-state index contributed by atoms with van der Waals surface area (Å²) in [5.74, 6) is -2.55. The molecule has 7 heteroatoms. The van der Waals surface area contributed by atoms with Gasteiger partial charge in [0.1, 0.15) is 6.04 Å². The summed E-state index contributed by atoms with van der Waals surface area (Å²) >= 11 is 0. The molecule has 1 saturated carbocycles. The van der Waals surface area contributed by atoms with Gasteiger partial charge in [0.25, 0.3) is 5.78 Å². The van der Waals surface area contributed by atoms with Gasteiger partial charge in [0, 0.05) is 17.2 Å². The maximum Gasteiger partial charge on any atom is 0.454 e. The van der Waals surface area contributed by atoms with E-state index in [2.05, 4.69) is 5.32 Å².